The zero-order chi connectivity index (χ0) is 12.6. The van der Waals surface area contributed by atoms with E-state index in [-0.39, 0.29) is 0 Å². The molecule has 0 aliphatic carbocycles. The van der Waals surface area contributed by atoms with E-state index in [0.29, 0.717) is 17.4 Å². The normalized spacial score (nSPS) is 11.3. The van der Waals surface area contributed by atoms with Crippen molar-refractivity contribution in [2.75, 3.05) is 0 Å². The van der Waals surface area contributed by atoms with Crippen molar-refractivity contribution in [3.63, 3.8) is 0 Å². The maximum absolute atomic E-state index is 10.9. The summed E-state index contributed by atoms with van der Waals surface area (Å²) in [4.78, 5) is 10.9. The third-order valence-corrected chi connectivity index (χ3v) is 3.17. The first-order chi connectivity index (χ1) is 8.04. The van der Waals surface area contributed by atoms with Crippen LogP contribution in [0.5, 0.6) is 0 Å². The highest BCUT2D eigenvalue weighted by Gasteiger charge is 2.12. The van der Waals surface area contributed by atoms with Crippen LogP contribution in [0.1, 0.15) is 35.9 Å². The van der Waals surface area contributed by atoms with Gasteiger partial charge in [0.25, 0.3) is 0 Å². The summed E-state index contributed by atoms with van der Waals surface area (Å²) >= 11 is 4.31. The first-order valence-electron chi connectivity index (χ1n) is 5.52. The van der Waals surface area contributed by atoms with Crippen LogP contribution in [0.4, 0.5) is 0 Å². The fourth-order valence-corrected chi connectivity index (χ4v) is 2.40. The van der Waals surface area contributed by atoms with Crippen LogP contribution in [0.25, 0.3) is 10.9 Å². The number of fused-ring (bicyclic) bond motifs is 1. The first-order valence-corrected chi connectivity index (χ1v) is 6.16. The molecule has 90 valence electrons. The van der Waals surface area contributed by atoms with E-state index in [1.165, 1.54) is 0 Å². The van der Waals surface area contributed by atoms with Gasteiger partial charge in [-0.15, -0.1) is 0 Å². The van der Waals surface area contributed by atoms with Gasteiger partial charge >= 0.3 is 5.97 Å². The van der Waals surface area contributed by atoms with Gasteiger partial charge < -0.3 is 9.67 Å². The molecule has 3 nitrogen and oxygen atoms in total. The Kier molecular flexibility index (Phi) is 3.15. The lowest BCUT2D eigenvalue weighted by atomic mass is 10.1. The summed E-state index contributed by atoms with van der Waals surface area (Å²) in [6.07, 6.45) is 0. The van der Waals surface area contributed by atoms with Gasteiger partial charge in [-0.1, -0.05) is 0 Å². The number of rotatable bonds is 3. The zero-order valence-corrected chi connectivity index (χ0v) is 10.7. The fourth-order valence-electron chi connectivity index (χ4n) is 2.16. The highest BCUT2D eigenvalue weighted by Crippen LogP contribution is 2.26. The number of aromatic carboxylic acids is 1. The van der Waals surface area contributed by atoms with E-state index in [1.807, 2.05) is 12.1 Å². The van der Waals surface area contributed by atoms with Crippen molar-refractivity contribution in [2.45, 2.75) is 25.6 Å². The third kappa shape index (κ3) is 2.05. The number of carboxylic acids is 1. The van der Waals surface area contributed by atoms with Crippen LogP contribution in [0, 0.1) is 0 Å². The van der Waals surface area contributed by atoms with Gasteiger partial charge in [-0.25, -0.2) is 4.79 Å². The Morgan fingerprint density at radius 2 is 2.12 bits per heavy atom. The van der Waals surface area contributed by atoms with Crippen LogP contribution in [-0.4, -0.2) is 15.6 Å². The maximum Gasteiger partial charge on any atom is 0.335 e. The van der Waals surface area contributed by atoms with Crippen LogP contribution < -0.4 is 0 Å². The Bertz CT molecular complexity index is 572. The molecule has 0 saturated carbocycles. The Morgan fingerprint density at radius 3 is 2.65 bits per heavy atom. The minimum atomic E-state index is -0.892. The molecule has 1 heterocycles. The lowest BCUT2D eigenvalue weighted by Crippen LogP contribution is -2.04. The average Bonchev–Trinajstić information content (AvgIpc) is 2.65. The maximum atomic E-state index is 10.9. The molecule has 17 heavy (non-hydrogen) atoms. The Balaban J connectivity index is 2.69. The molecule has 0 spiro atoms. The van der Waals surface area contributed by atoms with Crippen LogP contribution in [0.2, 0.25) is 0 Å². The van der Waals surface area contributed by atoms with Crippen molar-refractivity contribution in [3.8, 4) is 0 Å². The van der Waals surface area contributed by atoms with Gasteiger partial charge in [-0.05, 0) is 38.1 Å². The number of carbonyl (C=O) groups is 1. The Morgan fingerprint density at radius 1 is 1.41 bits per heavy atom. The van der Waals surface area contributed by atoms with Crippen LogP contribution in [0.3, 0.4) is 0 Å². The summed E-state index contributed by atoms with van der Waals surface area (Å²) in [6.45, 7) is 4.22. The van der Waals surface area contributed by atoms with Crippen molar-refractivity contribution in [1.29, 1.82) is 0 Å². The fraction of sp³-hybridized carbons (Fsp3) is 0.308. The predicted molar refractivity (Wildman–Crippen MR) is 72.0 cm³/mol. The van der Waals surface area contributed by atoms with Crippen molar-refractivity contribution < 1.29 is 9.90 Å². The topological polar surface area (TPSA) is 42.2 Å². The van der Waals surface area contributed by atoms with E-state index in [2.05, 4.69) is 31.0 Å². The quantitative estimate of drug-likeness (QED) is 0.819. The van der Waals surface area contributed by atoms with Gasteiger partial charge in [0.15, 0.2) is 0 Å². The molecule has 1 aromatic carbocycles. The summed E-state index contributed by atoms with van der Waals surface area (Å²) in [5, 5.41) is 9.93. The number of carboxylic acid groups (broad SMARTS) is 1. The summed E-state index contributed by atoms with van der Waals surface area (Å²) in [5.41, 5.74) is 2.50. The van der Waals surface area contributed by atoms with E-state index in [4.69, 9.17) is 5.11 Å². The standard InChI is InChI=1S/C13H15NO2S/c1-8(2)14-11(7-17)6-10-5-9(13(15)16)3-4-12(10)14/h3-6,8,17H,7H2,1-2H3,(H,15,16). The minimum Gasteiger partial charge on any atom is -0.478 e. The van der Waals surface area contributed by atoms with Crippen LogP contribution >= 0.6 is 12.6 Å². The molecular weight excluding hydrogens is 234 g/mol. The van der Waals surface area contributed by atoms with Gasteiger partial charge in [0.2, 0.25) is 0 Å². The molecule has 1 aromatic heterocycles. The summed E-state index contributed by atoms with van der Waals surface area (Å²) in [6, 6.07) is 7.57. The first kappa shape index (κ1) is 12.0. The highest BCUT2D eigenvalue weighted by molar-refractivity contribution is 7.79. The van der Waals surface area contributed by atoms with E-state index < -0.39 is 5.97 Å². The summed E-state index contributed by atoms with van der Waals surface area (Å²) in [7, 11) is 0. The zero-order valence-electron chi connectivity index (χ0n) is 9.84. The smallest absolute Gasteiger partial charge is 0.335 e. The molecule has 0 aliphatic heterocycles. The lowest BCUT2D eigenvalue weighted by Gasteiger charge is -2.13. The number of benzene rings is 1. The molecule has 0 aliphatic rings. The van der Waals surface area contributed by atoms with E-state index in [1.54, 1.807) is 12.1 Å². The lowest BCUT2D eigenvalue weighted by molar-refractivity contribution is 0.0697. The molecule has 0 bridgehead atoms. The second-order valence-corrected chi connectivity index (χ2v) is 4.65. The third-order valence-electron chi connectivity index (χ3n) is 2.84. The molecule has 1 N–H and O–H groups in total. The second-order valence-electron chi connectivity index (χ2n) is 4.34. The number of hydrogen-bond donors (Lipinski definition) is 2. The van der Waals surface area contributed by atoms with Crippen molar-refractivity contribution in [2.24, 2.45) is 0 Å². The van der Waals surface area contributed by atoms with Gasteiger partial charge in [0.1, 0.15) is 0 Å². The summed E-state index contributed by atoms with van der Waals surface area (Å²) in [5.74, 6) is -0.244. The largest absolute Gasteiger partial charge is 0.478 e. The molecule has 0 saturated heterocycles. The molecule has 0 radical (unpaired) electrons. The van der Waals surface area contributed by atoms with Crippen LogP contribution in [-0.2, 0) is 5.75 Å². The molecule has 0 fully saturated rings. The van der Waals surface area contributed by atoms with E-state index in [9.17, 15) is 4.79 Å². The molecule has 0 unspecified atom stereocenters. The monoisotopic (exact) mass is 249 g/mol. The molecule has 0 atom stereocenters. The molecule has 2 aromatic rings. The second kappa shape index (κ2) is 4.45. The van der Waals surface area contributed by atoms with Crippen molar-refractivity contribution in [3.05, 3.63) is 35.5 Å². The van der Waals surface area contributed by atoms with E-state index >= 15 is 0 Å². The van der Waals surface area contributed by atoms with Crippen molar-refractivity contribution in [1.82, 2.24) is 4.57 Å². The van der Waals surface area contributed by atoms with Gasteiger partial charge in [0.05, 0.1) is 5.56 Å². The Labute approximate surface area is 105 Å². The van der Waals surface area contributed by atoms with Gasteiger partial charge in [-0.3, -0.25) is 0 Å². The number of aromatic nitrogens is 1. The number of hydrogen-bond acceptors (Lipinski definition) is 2. The average molecular weight is 249 g/mol. The molecule has 2 rings (SSSR count). The van der Waals surface area contributed by atoms with E-state index in [0.717, 1.165) is 16.6 Å². The SMILES string of the molecule is CC(C)n1c(CS)cc2cc(C(=O)O)ccc21. The minimum absolute atomic E-state index is 0.323. The highest BCUT2D eigenvalue weighted by atomic mass is 32.1. The summed E-state index contributed by atoms with van der Waals surface area (Å²) < 4.78 is 2.19. The predicted octanol–water partition coefficient (Wildman–Crippen LogP) is 3.35. The van der Waals surface area contributed by atoms with Gasteiger partial charge in [0, 0.05) is 28.4 Å². The Hall–Kier alpha value is -1.42. The number of nitrogens with zero attached hydrogens (tertiary/aromatic N) is 1. The van der Waals surface area contributed by atoms with Crippen LogP contribution in [0.15, 0.2) is 24.3 Å². The number of thiol groups is 1. The molecule has 0 amide bonds. The molecular formula is C13H15NO2S. The van der Waals surface area contributed by atoms with Gasteiger partial charge in [-0.2, -0.15) is 12.6 Å². The molecule has 4 heteroatoms. The van der Waals surface area contributed by atoms with Crippen molar-refractivity contribution >= 4 is 29.5 Å².